The Morgan fingerprint density at radius 2 is 2.25 bits per heavy atom. The van der Waals surface area contributed by atoms with Crippen molar-refractivity contribution in [3.8, 4) is 6.07 Å². The van der Waals surface area contributed by atoms with E-state index >= 15 is 0 Å². The third-order valence-corrected chi connectivity index (χ3v) is 5.47. The van der Waals surface area contributed by atoms with Crippen molar-refractivity contribution in [2.24, 2.45) is 0 Å². The molecular formula is C21H26N2O. The van der Waals surface area contributed by atoms with Gasteiger partial charge in [0.2, 0.25) is 0 Å². The number of benzene rings is 1. The second-order valence-electron chi connectivity index (χ2n) is 7.32. The highest BCUT2D eigenvalue weighted by molar-refractivity contribution is 5.44. The molecule has 0 N–H and O–H groups in total. The van der Waals surface area contributed by atoms with E-state index in [9.17, 15) is 5.26 Å². The molecule has 126 valence electrons. The zero-order chi connectivity index (χ0) is 17.5. The van der Waals surface area contributed by atoms with Crippen LogP contribution < -0.4 is 0 Å². The predicted molar refractivity (Wildman–Crippen MR) is 96.5 cm³/mol. The molecule has 2 heterocycles. The Balaban J connectivity index is 2.06. The summed E-state index contributed by atoms with van der Waals surface area (Å²) in [5.74, 6) is 0. The SMILES string of the molecule is C=CCN1[C@@H](C)CC2(C[C@H]1C(=C)C)OC(C#N)c1ccc(C)cc12. The molecule has 0 amide bonds. The lowest BCUT2D eigenvalue weighted by molar-refractivity contribution is -0.116. The highest BCUT2D eigenvalue weighted by Gasteiger charge is 2.51. The van der Waals surface area contributed by atoms with Crippen LogP contribution in [0.1, 0.15) is 49.5 Å². The Kier molecular flexibility index (Phi) is 4.38. The molecule has 2 aliphatic heterocycles. The van der Waals surface area contributed by atoms with Gasteiger partial charge in [-0.2, -0.15) is 5.26 Å². The molecular weight excluding hydrogens is 296 g/mol. The molecule has 2 unspecified atom stereocenters. The molecule has 24 heavy (non-hydrogen) atoms. The third kappa shape index (κ3) is 2.60. The van der Waals surface area contributed by atoms with Crippen molar-refractivity contribution in [1.29, 1.82) is 5.26 Å². The quantitative estimate of drug-likeness (QED) is 0.774. The fourth-order valence-electron chi connectivity index (χ4n) is 4.39. The first kappa shape index (κ1) is 17.0. The number of nitriles is 1. The minimum absolute atomic E-state index is 0.234. The number of hydrogen-bond acceptors (Lipinski definition) is 3. The van der Waals surface area contributed by atoms with Crippen LogP contribution in [0.5, 0.6) is 0 Å². The maximum Gasteiger partial charge on any atom is 0.170 e. The van der Waals surface area contributed by atoms with Gasteiger partial charge < -0.3 is 4.74 Å². The van der Waals surface area contributed by atoms with Crippen molar-refractivity contribution in [2.45, 2.75) is 57.4 Å². The number of rotatable bonds is 3. The topological polar surface area (TPSA) is 36.3 Å². The Morgan fingerprint density at radius 1 is 1.50 bits per heavy atom. The van der Waals surface area contributed by atoms with E-state index in [1.807, 2.05) is 6.08 Å². The molecule has 0 aromatic heterocycles. The van der Waals surface area contributed by atoms with Gasteiger partial charge in [0.25, 0.3) is 0 Å². The number of nitrogens with zero attached hydrogens (tertiary/aromatic N) is 2. The van der Waals surface area contributed by atoms with Crippen LogP contribution in [-0.4, -0.2) is 23.5 Å². The van der Waals surface area contributed by atoms with Gasteiger partial charge in [0, 0.05) is 30.6 Å². The highest BCUT2D eigenvalue weighted by Crippen LogP contribution is 2.52. The Morgan fingerprint density at radius 3 is 2.88 bits per heavy atom. The van der Waals surface area contributed by atoms with Gasteiger partial charge in [-0.05, 0) is 32.8 Å². The van der Waals surface area contributed by atoms with E-state index in [1.165, 1.54) is 11.1 Å². The molecule has 2 aliphatic rings. The summed E-state index contributed by atoms with van der Waals surface area (Å²) >= 11 is 0. The normalized spacial score (nSPS) is 32.3. The lowest BCUT2D eigenvalue weighted by Crippen LogP contribution is -2.54. The van der Waals surface area contributed by atoms with Crippen molar-refractivity contribution in [3.05, 3.63) is 59.7 Å². The van der Waals surface area contributed by atoms with Crippen molar-refractivity contribution in [1.82, 2.24) is 4.90 Å². The standard InChI is InChI=1S/C21H26N2O/c1-6-9-23-16(5)11-21(12-19(23)14(2)3)18-10-15(4)7-8-17(18)20(13-22)24-21/h6-8,10,16,19-20H,1-2,9,11-12H2,3-5H3/t16-,19-,20?,21?/m0/s1. The molecule has 3 heteroatoms. The van der Waals surface area contributed by atoms with E-state index in [1.54, 1.807) is 0 Å². The zero-order valence-electron chi connectivity index (χ0n) is 14.9. The molecule has 3 rings (SSSR count). The summed E-state index contributed by atoms with van der Waals surface area (Å²) in [6.07, 6.45) is 3.22. The number of fused-ring (bicyclic) bond motifs is 2. The lowest BCUT2D eigenvalue weighted by Gasteiger charge is -2.49. The van der Waals surface area contributed by atoms with Crippen LogP contribution >= 0.6 is 0 Å². The van der Waals surface area contributed by atoms with Gasteiger partial charge in [0.15, 0.2) is 6.10 Å². The molecule has 0 aliphatic carbocycles. The Hall–Kier alpha value is -1.89. The molecule has 1 aromatic carbocycles. The number of hydrogen-bond donors (Lipinski definition) is 0. The fourth-order valence-corrected chi connectivity index (χ4v) is 4.39. The van der Waals surface area contributed by atoms with Crippen LogP contribution in [0.2, 0.25) is 0 Å². The first-order chi connectivity index (χ1) is 11.4. The van der Waals surface area contributed by atoms with Gasteiger partial charge in [-0.1, -0.05) is 42.0 Å². The third-order valence-electron chi connectivity index (χ3n) is 5.47. The molecule has 4 atom stereocenters. The second-order valence-corrected chi connectivity index (χ2v) is 7.32. The van der Waals surface area contributed by atoms with Gasteiger partial charge in [-0.3, -0.25) is 4.90 Å². The van der Waals surface area contributed by atoms with Crippen LogP contribution in [0.25, 0.3) is 0 Å². The molecule has 1 aromatic rings. The second kappa shape index (κ2) is 6.20. The molecule has 0 radical (unpaired) electrons. The summed E-state index contributed by atoms with van der Waals surface area (Å²) in [5.41, 5.74) is 4.20. The van der Waals surface area contributed by atoms with E-state index in [-0.39, 0.29) is 11.6 Å². The van der Waals surface area contributed by atoms with E-state index in [2.05, 4.69) is 63.1 Å². The average molecular weight is 322 g/mol. The minimum Gasteiger partial charge on any atom is -0.347 e. The smallest absolute Gasteiger partial charge is 0.170 e. The van der Waals surface area contributed by atoms with Crippen LogP contribution in [-0.2, 0) is 10.3 Å². The first-order valence-corrected chi connectivity index (χ1v) is 8.62. The maximum absolute atomic E-state index is 9.56. The Labute approximate surface area is 145 Å². The first-order valence-electron chi connectivity index (χ1n) is 8.62. The average Bonchev–Trinajstić information content (AvgIpc) is 2.83. The van der Waals surface area contributed by atoms with Crippen molar-refractivity contribution < 1.29 is 4.74 Å². The summed E-state index contributed by atoms with van der Waals surface area (Å²) in [7, 11) is 0. The van der Waals surface area contributed by atoms with Crippen molar-refractivity contribution >= 4 is 0 Å². The fraction of sp³-hybridized carbons (Fsp3) is 0.476. The minimum atomic E-state index is -0.468. The van der Waals surface area contributed by atoms with Gasteiger partial charge in [0.1, 0.15) is 0 Å². The van der Waals surface area contributed by atoms with E-state index in [0.29, 0.717) is 6.04 Å². The zero-order valence-corrected chi connectivity index (χ0v) is 14.9. The molecule has 0 bridgehead atoms. The molecule has 0 saturated carbocycles. The molecule has 1 fully saturated rings. The van der Waals surface area contributed by atoms with Crippen LogP contribution in [0, 0.1) is 18.3 Å². The Bertz CT molecular complexity index is 717. The van der Waals surface area contributed by atoms with Crippen LogP contribution in [0.15, 0.2) is 43.0 Å². The number of piperidine rings is 1. The number of aryl methyl sites for hydroxylation is 1. The van der Waals surface area contributed by atoms with Crippen LogP contribution in [0.4, 0.5) is 0 Å². The van der Waals surface area contributed by atoms with E-state index in [0.717, 1.165) is 30.5 Å². The molecule has 1 spiro atoms. The van der Waals surface area contributed by atoms with Crippen molar-refractivity contribution in [3.63, 3.8) is 0 Å². The van der Waals surface area contributed by atoms with E-state index < -0.39 is 6.10 Å². The summed E-state index contributed by atoms with van der Waals surface area (Å²) in [6.45, 7) is 15.4. The summed E-state index contributed by atoms with van der Waals surface area (Å²) in [5, 5.41) is 9.56. The summed E-state index contributed by atoms with van der Waals surface area (Å²) in [6, 6.07) is 9.24. The number of likely N-dealkylation sites (tertiary alicyclic amines) is 1. The van der Waals surface area contributed by atoms with Gasteiger partial charge in [0.05, 0.1) is 11.7 Å². The monoisotopic (exact) mass is 322 g/mol. The largest absolute Gasteiger partial charge is 0.347 e. The molecule has 3 nitrogen and oxygen atoms in total. The van der Waals surface area contributed by atoms with Gasteiger partial charge >= 0.3 is 0 Å². The predicted octanol–water partition coefficient (Wildman–Crippen LogP) is 4.40. The maximum atomic E-state index is 9.56. The highest BCUT2D eigenvalue weighted by atomic mass is 16.5. The lowest BCUT2D eigenvalue weighted by atomic mass is 9.75. The summed E-state index contributed by atoms with van der Waals surface area (Å²) in [4.78, 5) is 2.44. The van der Waals surface area contributed by atoms with Gasteiger partial charge in [-0.25, -0.2) is 0 Å². The van der Waals surface area contributed by atoms with Gasteiger partial charge in [-0.15, -0.1) is 6.58 Å². The number of ether oxygens (including phenoxy) is 1. The van der Waals surface area contributed by atoms with Crippen molar-refractivity contribution in [2.75, 3.05) is 6.54 Å². The van der Waals surface area contributed by atoms with Crippen LogP contribution in [0.3, 0.4) is 0 Å². The van der Waals surface area contributed by atoms with E-state index in [4.69, 9.17) is 4.74 Å². The summed E-state index contributed by atoms with van der Waals surface area (Å²) < 4.78 is 6.39. The molecule has 1 saturated heterocycles.